The summed E-state index contributed by atoms with van der Waals surface area (Å²) in [7, 11) is 3.13. The first-order valence-electron chi connectivity index (χ1n) is 7.19. The number of ether oxygens (including phenoxy) is 1. The lowest BCUT2D eigenvalue weighted by molar-refractivity contribution is -0.137. The summed E-state index contributed by atoms with van der Waals surface area (Å²) in [4.78, 5) is 26.3. The van der Waals surface area contributed by atoms with Gasteiger partial charge in [-0.3, -0.25) is 14.0 Å². The Bertz CT molecular complexity index is 1000. The van der Waals surface area contributed by atoms with E-state index in [0.717, 1.165) is 29.6 Å². The molecule has 0 aromatic carbocycles. The smallest absolute Gasteiger partial charge is 0.316 e. The second-order valence-electron chi connectivity index (χ2n) is 5.38. The van der Waals surface area contributed by atoms with Crippen LogP contribution >= 0.6 is 23.1 Å². The van der Waals surface area contributed by atoms with E-state index in [0.29, 0.717) is 10.8 Å². The molecule has 3 aromatic rings. The summed E-state index contributed by atoms with van der Waals surface area (Å²) in [5, 5.41) is 8.68. The Labute approximate surface area is 139 Å². The minimum Gasteiger partial charge on any atom is -0.468 e. The number of nitrogens with zero attached hydrogens (tertiary/aromatic N) is 4. The van der Waals surface area contributed by atoms with E-state index in [1.165, 1.54) is 29.3 Å². The van der Waals surface area contributed by atoms with Crippen molar-refractivity contribution in [2.45, 2.75) is 24.4 Å². The molecular weight excluding hydrogens is 336 g/mol. The minimum atomic E-state index is -0.333. The molecule has 0 saturated carbocycles. The van der Waals surface area contributed by atoms with Gasteiger partial charge in [-0.25, -0.2) is 0 Å². The first kappa shape index (κ1) is 14.7. The standard InChI is InChI=1S/C14H14N4O3S2/c1-17-10-7-4-3-5-8(7)23-13(10)18-11(12(17)20)15-16-14(18)22-6-9(19)21-2/h3-6H2,1-2H3. The molecule has 0 amide bonds. The maximum absolute atomic E-state index is 12.6. The van der Waals surface area contributed by atoms with Crippen LogP contribution in [0.4, 0.5) is 0 Å². The predicted octanol–water partition coefficient (Wildman–Crippen LogP) is 1.40. The van der Waals surface area contributed by atoms with E-state index in [1.807, 2.05) is 0 Å². The van der Waals surface area contributed by atoms with Crippen molar-refractivity contribution in [1.82, 2.24) is 19.2 Å². The van der Waals surface area contributed by atoms with E-state index >= 15 is 0 Å². The number of hydrogen-bond acceptors (Lipinski definition) is 7. The maximum atomic E-state index is 12.6. The second kappa shape index (κ2) is 5.34. The molecule has 0 atom stereocenters. The molecule has 0 saturated heterocycles. The first-order valence-corrected chi connectivity index (χ1v) is 9.00. The maximum Gasteiger partial charge on any atom is 0.316 e. The highest BCUT2D eigenvalue weighted by molar-refractivity contribution is 7.99. The summed E-state index contributed by atoms with van der Waals surface area (Å²) in [6, 6.07) is 0. The lowest BCUT2D eigenvalue weighted by Crippen LogP contribution is -2.20. The van der Waals surface area contributed by atoms with Gasteiger partial charge in [0.25, 0.3) is 5.56 Å². The molecule has 120 valence electrons. The Kier molecular flexibility index (Phi) is 3.42. The highest BCUT2D eigenvalue weighted by Gasteiger charge is 2.24. The number of thioether (sulfide) groups is 1. The number of carbonyl (C=O) groups excluding carboxylic acids is 1. The normalized spacial score (nSPS) is 13.8. The fraction of sp³-hybridized carbons (Fsp3) is 0.429. The van der Waals surface area contributed by atoms with Gasteiger partial charge in [0.1, 0.15) is 4.83 Å². The predicted molar refractivity (Wildman–Crippen MR) is 88.4 cm³/mol. The molecule has 0 unspecified atom stereocenters. The Hall–Kier alpha value is -1.87. The fourth-order valence-electron chi connectivity index (χ4n) is 2.99. The lowest BCUT2D eigenvalue weighted by Gasteiger charge is -2.06. The van der Waals surface area contributed by atoms with E-state index in [2.05, 4.69) is 14.9 Å². The first-order chi connectivity index (χ1) is 11.1. The van der Waals surface area contributed by atoms with Gasteiger partial charge in [0, 0.05) is 11.9 Å². The Morgan fingerprint density at radius 3 is 3.00 bits per heavy atom. The monoisotopic (exact) mass is 350 g/mol. The third-order valence-electron chi connectivity index (χ3n) is 4.09. The summed E-state index contributed by atoms with van der Waals surface area (Å²) in [6.45, 7) is 0. The molecule has 4 rings (SSSR count). The molecule has 0 N–H and O–H groups in total. The van der Waals surface area contributed by atoms with Crippen molar-refractivity contribution in [2.24, 2.45) is 7.05 Å². The molecular formula is C14H14N4O3S2. The number of fused-ring (bicyclic) bond motifs is 5. The van der Waals surface area contributed by atoms with Gasteiger partial charge in [0.05, 0.1) is 18.4 Å². The zero-order chi connectivity index (χ0) is 16.1. The molecule has 7 nitrogen and oxygen atoms in total. The molecule has 0 fully saturated rings. The molecule has 1 aliphatic carbocycles. The van der Waals surface area contributed by atoms with Crippen LogP contribution in [0.5, 0.6) is 0 Å². The van der Waals surface area contributed by atoms with E-state index in [9.17, 15) is 9.59 Å². The van der Waals surface area contributed by atoms with Gasteiger partial charge in [0.15, 0.2) is 5.16 Å². The number of hydrogen-bond donors (Lipinski definition) is 0. The van der Waals surface area contributed by atoms with Crippen molar-refractivity contribution in [3.05, 3.63) is 20.8 Å². The number of aromatic nitrogens is 4. The number of esters is 1. The molecule has 9 heteroatoms. The van der Waals surface area contributed by atoms with Crippen LogP contribution in [0, 0.1) is 0 Å². The van der Waals surface area contributed by atoms with Gasteiger partial charge in [0.2, 0.25) is 5.65 Å². The number of aryl methyl sites for hydroxylation is 3. The van der Waals surface area contributed by atoms with Crippen LogP contribution in [0.1, 0.15) is 16.9 Å². The summed E-state index contributed by atoms with van der Waals surface area (Å²) in [5.74, 6) is -0.195. The van der Waals surface area contributed by atoms with Gasteiger partial charge >= 0.3 is 5.97 Å². The Morgan fingerprint density at radius 2 is 2.22 bits per heavy atom. The van der Waals surface area contributed by atoms with Crippen LogP contribution < -0.4 is 5.56 Å². The lowest BCUT2D eigenvalue weighted by atomic mass is 10.2. The third kappa shape index (κ3) is 2.10. The molecule has 0 aliphatic heterocycles. The highest BCUT2D eigenvalue weighted by Crippen LogP contribution is 2.37. The number of thiophene rings is 1. The average Bonchev–Trinajstić information content (AvgIpc) is 3.22. The van der Waals surface area contributed by atoms with Gasteiger partial charge in [-0.15, -0.1) is 21.5 Å². The van der Waals surface area contributed by atoms with Gasteiger partial charge in [-0.2, -0.15) is 0 Å². The molecule has 0 bridgehead atoms. The second-order valence-corrected chi connectivity index (χ2v) is 7.41. The number of rotatable bonds is 3. The summed E-state index contributed by atoms with van der Waals surface area (Å²) in [5.41, 5.74) is 2.37. The molecule has 0 radical (unpaired) electrons. The van der Waals surface area contributed by atoms with E-state index in [-0.39, 0.29) is 17.3 Å². The molecule has 1 aliphatic rings. The highest BCUT2D eigenvalue weighted by atomic mass is 32.2. The number of carbonyl (C=O) groups is 1. The summed E-state index contributed by atoms with van der Waals surface area (Å²) >= 11 is 2.92. The zero-order valence-electron chi connectivity index (χ0n) is 12.7. The van der Waals surface area contributed by atoms with E-state index < -0.39 is 0 Å². The van der Waals surface area contributed by atoms with Crippen molar-refractivity contribution >= 4 is 45.1 Å². The minimum absolute atomic E-state index is 0.138. The largest absolute Gasteiger partial charge is 0.468 e. The average molecular weight is 350 g/mol. The molecule has 0 spiro atoms. The quantitative estimate of drug-likeness (QED) is 0.525. The van der Waals surface area contributed by atoms with Crippen molar-refractivity contribution in [3.63, 3.8) is 0 Å². The van der Waals surface area contributed by atoms with Gasteiger partial charge in [-0.1, -0.05) is 11.8 Å². The Morgan fingerprint density at radius 1 is 1.39 bits per heavy atom. The molecule has 3 aromatic heterocycles. The van der Waals surface area contributed by atoms with Crippen LogP contribution in [0.15, 0.2) is 9.95 Å². The third-order valence-corrected chi connectivity index (χ3v) is 6.26. The number of methoxy groups -OCH3 is 1. The summed E-state index contributed by atoms with van der Waals surface area (Å²) < 4.78 is 8.12. The topological polar surface area (TPSA) is 78.5 Å². The molecule has 23 heavy (non-hydrogen) atoms. The fourth-order valence-corrected chi connectivity index (χ4v) is 5.24. The SMILES string of the molecule is COC(=O)CSc1nnc2c(=O)n(C)c3c4c(sc3n12)CCC4. The van der Waals surface area contributed by atoms with E-state index in [1.54, 1.807) is 27.4 Å². The van der Waals surface area contributed by atoms with Crippen LogP contribution in [0.25, 0.3) is 16.0 Å². The van der Waals surface area contributed by atoms with Gasteiger partial charge in [-0.05, 0) is 24.8 Å². The van der Waals surface area contributed by atoms with Crippen molar-refractivity contribution in [2.75, 3.05) is 12.9 Å². The van der Waals surface area contributed by atoms with Crippen LogP contribution in [0.2, 0.25) is 0 Å². The Balaban J connectivity index is 1.97. The zero-order valence-corrected chi connectivity index (χ0v) is 14.3. The van der Waals surface area contributed by atoms with E-state index in [4.69, 9.17) is 0 Å². The van der Waals surface area contributed by atoms with Crippen molar-refractivity contribution in [3.8, 4) is 0 Å². The molecule has 3 heterocycles. The van der Waals surface area contributed by atoms with Gasteiger partial charge < -0.3 is 9.30 Å². The summed E-state index contributed by atoms with van der Waals surface area (Å²) in [6.07, 6.45) is 3.19. The van der Waals surface area contributed by atoms with Crippen molar-refractivity contribution < 1.29 is 9.53 Å². The van der Waals surface area contributed by atoms with Crippen molar-refractivity contribution in [1.29, 1.82) is 0 Å². The van der Waals surface area contributed by atoms with Crippen LogP contribution in [-0.4, -0.2) is 38.0 Å². The van der Waals surface area contributed by atoms with Crippen LogP contribution in [0.3, 0.4) is 0 Å². The van der Waals surface area contributed by atoms with Crippen LogP contribution in [-0.2, 0) is 29.4 Å².